The van der Waals surface area contributed by atoms with Gasteiger partial charge in [0, 0.05) is 6.54 Å². The molecule has 1 aromatic rings. The fraction of sp³-hybridized carbons (Fsp3) is 0.400. The molecule has 0 saturated carbocycles. The summed E-state index contributed by atoms with van der Waals surface area (Å²) in [6.45, 7) is 0.617. The average molecular weight is 237 g/mol. The summed E-state index contributed by atoms with van der Waals surface area (Å²) in [7, 11) is 0. The first-order valence-corrected chi connectivity index (χ1v) is 5.08. The molecule has 0 spiro atoms. The Balaban J connectivity index is 2.20. The Morgan fingerprint density at radius 3 is 2.94 bits per heavy atom. The summed E-state index contributed by atoms with van der Waals surface area (Å²) in [5.74, 6) is -1.43. The van der Waals surface area contributed by atoms with Crippen LogP contribution in [0.5, 0.6) is 0 Å². The molecule has 1 aliphatic heterocycles. The lowest BCUT2D eigenvalue weighted by Gasteiger charge is -2.32. The van der Waals surface area contributed by atoms with Crippen LogP contribution in [0.15, 0.2) is 18.5 Å². The number of carboxylic acid groups (broad SMARTS) is 1. The number of aliphatic carboxylic acids is 1. The third-order valence-corrected chi connectivity index (χ3v) is 2.51. The minimum atomic E-state index is -1.07. The molecule has 1 N–H and O–H groups in total. The van der Waals surface area contributed by atoms with Crippen LogP contribution in [0.4, 0.5) is 0 Å². The van der Waals surface area contributed by atoms with E-state index in [2.05, 4.69) is 10.2 Å². The molecule has 0 aromatic carbocycles. The molecular formula is C10H11N3O4. The number of aromatic nitrogens is 2. The molecule has 1 amide bonds. The van der Waals surface area contributed by atoms with Crippen molar-refractivity contribution in [3.8, 4) is 0 Å². The van der Waals surface area contributed by atoms with Crippen LogP contribution in [0, 0.1) is 0 Å². The molecule has 1 saturated heterocycles. The van der Waals surface area contributed by atoms with Gasteiger partial charge in [-0.2, -0.15) is 10.2 Å². The van der Waals surface area contributed by atoms with Gasteiger partial charge in [0.15, 0.2) is 6.04 Å². The first-order valence-electron chi connectivity index (χ1n) is 5.08. The molecule has 1 atom stereocenters. The number of rotatable bonds is 2. The number of carboxylic acids is 1. The maximum absolute atomic E-state index is 12.1. The third-order valence-electron chi connectivity index (χ3n) is 2.51. The Labute approximate surface area is 97.0 Å². The van der Waals surface area contributed by atoms with Crippen LogP contribution in [-0.4, -0.2) is 57.9 Å². The van der Waals surface area contributed by atoms with E-state index in [1.807, 2.05) is 0 Å². The Morgan fingerprint density at radius 1 is 1.47 bits per heavy atom. The first kappa shape index (κ1) is 11.5. The summed E-state index contributed by atoms with van der Waals surface area (Å²) < 4.78 is 5.06. The predicted molar refractivity (Wildman–Crippen MR) is 55.3 cm³/mol. The molecule has 1 aliphatic rings. The monoisotopic (exact) mass is 237 g/mol. The van der Waals surface area contributed by atoms with Crippen molar-refractivity contribution >= 4 is 11.9 Å². The summed E-state index contributed by atoms with van der Waals surface area (Å²) in [6.07, 6.45) is 2.71. The molecule has 2 rings (SSSR count). The van der Waals surface area contributed by atoms with E-state index in [4.69, 9.17) is 9.84 Å². The van der Waals surface area contributed by atoms with Gasteiger partial charge in [-0.15, -0.1) is 0 Å². The van der Waals surface area contributed by atoms with Gasteiger partial charge in [-0.3, -0.25) is 4.79 Å². The van der Waals surface area contributed by atoms with E-state index in [0.717, 1.165) is 0 Å². The molecule has 0 radical (unpaired) electrons. The maximum Gasteiger partial charge on any atom is 0.328 e. The minimum absolute atomic E-state index is 0.0135. The lowest BCUT2D eigenvalue weighted by Crippen LogP contribution is -2.52. The van der Waals surface area contributed by atoms with Crippen LogP contribution in [0.1, 0.15) is 10.4 Å². The number of hydrogen-bond donors (Lipinski definition) is 1. The van der Waals surface area contributed by atoms with Crippen molar-refractivity contribution in [1.82, 2.24) is 15.1 Å². The Bertz CT molecular complexity index is 423. The molecule has 7 nitrogen and oxygen atoms in total. The lowest BCUT2D eigenvalue weighted by molar-refractivity contribution is -0.147. The Morgan fingerprint density at radius 2 is 2.29 bits per heavy atom. The summed E-state index contributed by atoms with van der Waals surface area (Å²) in [5.41, 5.74) is 0.327. The van der Waals surface area contributed by atoms with Crippen LogP contribution in [0.25, 0.3) is 0 Å². The topological polar surface area (TPSA) is 92.6 Å². The number of hydrogen-bond acceptors (Lipinski definition) is 5. The standard InChI is InChI=1S/C10H11N3O4/c14-9(7-1-2-11-12-5-7)13-3-4-17-6-8(13)10(15)16/h1-2,5,8H,3-4,6H2,(H,15,16). The van der Waals surface area contributed by atoms with Gasteiger partial charge in [0.1, 0.15) is 0 Å². The molecular weight excluding hydrogens is 226 g/mol. The van der Waals surface area contributed by atoms with Crippen molar-refractivity contribution < 1.29 is 19.4 Å². The number of carbonyl (C=O) groups excluding carboxylic acids is 1. The van der Waals surface area contributed by atoms with Gasteiger partial charge in [0.2, 0.25) is 0 Å². The molecule has 1 unspecified atom stereocenters. The SMILES string of the molecule is O=C(O)C1COCCN1C(=O)c1ccnnc1. The summed E-state index contributed by atoms with van der Waals surface area (Å²) in [6, 6.07) is 0.563. The number of nitrogens with zero attached hydrogens (tertiary/aromatic N) is 3. The molecule has 0 aliphatic carbocycles. The predicted octanol–water partition coefficient (Wildman–Crippen LogP) is -0.598. The Kier molecular flexibility index (Phi) is 3.29. The largest absolute Gasteiger partial charge is 0.480 e. The van der Waals surface area contributed by atoms with E-state index in [-0.39, 0.29) is 19.1 Å². The molecule has 1 fully saturated rings. The molecule has 17 heavy (non-hydrogen) atoms. The zero-order valence-corrected chi connectivity index (χ0v) is 8.94. The van der Waals surface area contributed by atoms with Crippen LogP contribution in [0.2, 0.25) is 0 Å². The van der Waals surface area contributed by atoms with E-state index in [9.17, 15) is 9.59 Å². The van der Waals surface area contributed by atoms with Crippen LogP contribution < -0.4 is 0 Å². The van der Waals surface area contributed by atoms with E-state index in [1.54, 1.807) is 0 Å². The van der Waals surface area contributed by atoms with Gasteiger partial charge in [0.25, 0.3) is 5.91 Å². The number of carbonyl (C=O) groups is 2. The van der Waals surface area contributed by atoms with Crippen molar-refractivity contribution in [2.45, 2.75) is 6.04 Å². The van der Waals surface area contributed by atoms with E-state index >= 15 is 0 Å². The highest BCUT2D eigenvalue weighted by molar-refractivity contribution is 5.96. The van der Waals surface area contributed by atoms with Crippen LogP contribution >= 0.6 is 0 Å². The quantitative estimate of drug-likeness (QED) is 0.738. The third kappa shape index (κ3) is 2.39. The summed E-state index contributed by atoms with van der Waals surface area (Å²) >= 11 is 0. The van der Waals surface area contributed by atoms with Crippen molar-refractivity contribution in [2.24, 2.45) is 0 Å². The molecule has 1 aromatic heterocycles. The second kappa shape index (κ2) is 4.88. The van der Waals surface area contributed by atoms with Crippen molar-refractivity contribution in [3.05, 3.63) is 24.0 Å². The summed E-state index contributed by atoms with van der Waals surface area (Å²) in [4.78, 5) is 24.3. The zero-order chi connectivity index (χ0) is 12.3. The van der Waals surface area contributed by atoms with Gasteiger partial charge in [-0.25, -0.2) is 4.79 Å². The van der Waals surface area contributed by atoms with Crippen molar-refractivity contribution in [1.29, 1.82) is 0 Å². The number of amides is 1. The Hall–Kier alpha value is -2.02. The smallest absolute Gasteiger partial charge is 0.328 e. The highest BCUT2D eigenvalue weighted by Crippen LogP contribution is 2.11. The van der Waals surface area contributed by atoms with Crippen molar-refractivity contribution in [3.63, 3.8) is 0 Å². The molecule has 90 valence electrons. The fourth-order valence-electron chi connectivity index (χ4n) is 1.63. The maximum atomic E-state index is 12.1. The second-order valence-electron chi connectivity index (χ2n) is 3.56. The van der Waals surface area contributed by atoms with Crippen LogP contribution in [-0.2, 0) is 9.53 Å². The average Bonchev–Trinajstić information content (AvgIpc) is 2.39. The highest BCUT2D eigenvalue weighted by atomic mass is 16.5. The second-order valence-corrected chi connectivity index (χ2v) is 3.56. The van der Waals surface area contributed by atoms with Gasteiger partial charge in [0.05, 0.1) is 31.2 Å². The fourth-order valence-corrected chi connectivity index (χ4v) is 1.63. The minimum Gasteiger partial charge on any atom is -0.480 e. The van der Waals surface area contributed by atoms with E-state index < -0.39 is 12.0 Å². The highest BCUT2D eigenvalue weighted by Gasteiger charge is 2.33. The van der Waals surface area contributed by atoms with E-state index in [0.29, 0.717) is 12.2 Å². The first-order chi connectivity index (χ1) is 8.20. The van der Waals surface area contributed by atoms with Gasteiger partial charge in [-0.05, 0) is 6.07 Å². The molecule has 7 heteroatoms. The number of morpholine rings is 1. The molecule has 2 heterocycles. The van der Waals surface area contributed by atoms with Crippen molar-refractivity contribution in [2.75, 3.05) is 19.8 Å². The van der Waals surface area contributed by atoms with E-state index in [1.165, 1.54) is 23.4 Å². The normalized spacial score (nSPS) is 20.0. The van der Waals surface area contributed by atoms with Gasteiger partial charge >= 0.3 is 5.97 Å². The number of ether oxygens (including phenoxy) is 1. The van der Waals surface area contributed by atoms with Gasteiger partial charge in [-0.1, -0.05) is 0 Å². The van der Waals surface area contributed by atoms with Crippen LogP contribution in [0.3, 0.4) is 0 Å². The zero-order valence-electron chi connectivity index (χ0n) is 8.94. The van der Waals surface area contributed by atoms with Gasteiger partial charge < -0.3 is 14.7 Å². The summed E-state index contributed by atoms with van der Waals surface area (Å²) in [5, 5.41) is 16.2. The molecule has 0 bridgehead atoms. The lowest BCUT2D eigenvalue weighted by atomic mass is 10.2.